The minimum absolute atomic E-state index is 0.315. The van der Waals surface area contributed by atoms with Crippen LogP contribution in [0.15, 0.2) is 53.2 Å². The first-order chi connectivity index (χ1) is 11.8. The molecule has 1 unspecified atom stereocenters. The number of methoxy groups -OCH3 is 1. The number of pyridine rings is 1. The average Bonchev–Trinajstić information content (AvgIpc) is 3.04. The molecular weight excluding hydrogens is 302 g/mol. The molecule has 0 bridgehead atoms. The van der Waals surface area contributed by atoms with Gasteiger partial charge in [0.2, 0.25) is 0 Å². The van der Waals surface area contributed by atoms with Gasteiger partial charge >= 0.3 is 0 Å². The molecule has 5 nitrogen and oxygen atoms in total. The molecule has 24 heavy (non-hydrogen) atoms. The van der Waals surface area contributed by atoms with Crippen LogP contribution in [0.1, 0.15) is 17.4 Å². The number of hydrogen-bond acceptors (Lipinski definition) is 5. The lowest BCUT2D eigenvalue weighted by atomic mass is 10.1. The second-order valence-electron chi connectivity index (χ2n) is 6.09. The molecular formula is C19H21N3O2. The van der Waals surface area contributed by atoms with E-state index in [0.29, 0.717) is 6.04 Å². The third kappa shape index (κ3) is 3.00. The lowest BCUT2D eigenvalue weighted by Crippen LogP contribution is -2.45. The number of nitrogens with one attached hydrogen (secondary N) is 1. The molecule has 1 aliphatic rings. The van der Waals surface area contributed by atoms with Crippen LogP contribution in [0, 0.1) is 0 Å². The van der Waals surface area contributed by atoms with Crippen LogP contribution in [0.5, 0.6) is 5.75 Å². The number of furan rings is 1. The molecule has 124 valence electrons. The minimum Gasteiger partial charge on any atom is -0.497 e. The third-order valence-corrected chi connectivity index (χ3v) is 4.56. The summed E-state index contributed by atoms with van der Waals surface area (Å²) in [5.74, 6) is 1.83. The van der Waals surface area contributed by atoms with Crippen molar-refractivity contribution < 1.29 is 9.15 Å². The van der Waals surface area contributed by atoms with E-state index in [1.807, 2.05) is 36.7 Å². The van der Waals surface area contributed by atoms with Gasteiger partial charge in [-0.1, -0.05) is 6.07 Å². The van der Waals surface area contributed by atoms with Gasteiger partial charge in [0.05, 0.1) is 13.7 Å². The van der Waals surface area contributed by atoms with Gasteiger partial charge in [-0.15, -0.1) is 0 Å². The summed E-state index contributed by atoms with van der Waals surface area (Å²) in [6.07, 6.45) is 3.77. The number of fused-ring (bicyclic) bond motifs is 1. The molecule has 1 fully saturated rings. The van der Waals surface area contributed by atoms with Gasteiger partial charge in [0.15, 0.2) is 0 Å². The van der Waals surface area contributed by atoms with E-state index >= 15 is 0 Å². The maximum atomic E-state index is 6.02. The first-order valence-corrected chi connectivity index (χ1v) is 8.24. The second kappa shape index (κ2) is 6.63. The van der Waals surface area contributed by atoms with Crippen molar-refractivity contribution in [3.8, 4) is 5.75 Å². The third-order valence-electron chi connectivity index (χ3n) is 4.56. The number of nitrogens with zero attached hydrogens (tertiary/aromatic N) is 2. The van der Waals surface area contributed by atoms with Gasteiger partial charge in [0.1, 0.15) is 17.1 Å². The van der Waals surface area contributed by atoms with Crippen LogP contribution in [0.2, 0.25) is 0 Å². The molecule has 0 saturated carbocycles. The van der Waals surface area contributed by atoms with Crippen LogP contribution in [-0.4, -0.2) is 36.6 Å². The van der Waals surface area contributed by atoms with Crippen LogP contribution in [-0.2, 0) is 6.54 Å². The molecule has 1 atom stereocenters. The quantitative estimate of drug-likeness (QED) is 0.800. The van der Waals surface area contributed by atoms with Crippen LogP contribution >= 0.6 is 0 Å². The molecule has 0 aliphatic carbocycles. The Labute approximate surface area is 141 Å². The molecule has 1 N–H and O–H groups in total. The van der Waals surface area contributed by atoms with E-state index in [-0.39, 0.29) is 0 Å². The van der Waals surface area contributed by atoms with Crippen LogP contribution in [0.3, 0.4) is 0 Å². The maximum Gasteiger partial charge on any atom is 0.134 e. The molecule has 5 heteroatoms. The highest BCUT2D eigenvalue weighted by Gasteiger charge is 2.25. The summed E-state index contributed by atoms with van der Waals surface area (Å²) in [7, 11) is 1.68. The summed E-state index contributed by atoms with van der Waals surface area (Å²) in [4.78, 5) is 6.71. The second-order valence-corrected chi connectivity index (χ2v) is 6.09. The van der Waals surface area contributed by atoms with E-state index in [1.54, 1.807) is 7.11 Å². The Kier molecular flexibility index (Phi) is 4.19. The zero-order valence-electron chi connectivity index (χ0n) is 13.7. The topological polar surface area (TPSA) is 50.5 Å². The van der Waals surface area contributed by atoms with Gasteiger partial charge < -0.3 is 14.5 Å². The zero-order chi connectivity index (χ0) is 16.4. The summed E-state index contributed by atoms with van der Waals surface area (Å²) in [6, 6.07) is 12.5. The SMILES string of the molecule is COc1ccc2oc(CN3CCNCC3c3cccnc3)cc2c1. The van der Waals surface area contributed by atoms with E-state index in [4.69, 9.17) is 9.15 Å². The minimum atomic E-state index is 0.315. The van der Waals surface area contributed by atoms with Crippen molar-refractivity contribution >= 4 is 11.0 Å². The van der Waals surface area contributed by atoms with Crippen LogP contribution in [0.25, 0.3) is 11.0 Å². The zero-order valence-corrected chi connectivity index (χ0v) is 13.7. The lowest BCUT2D eigenvalue weighted by molar-refractivity contribution is 0.143. The standard InChI is InChI=1S/C19H21N3O2/c1-23-16-4-5-19-15(9-16)10-17(24-19)13-22-8-7-21-12-18(22)14-3-2-6-20-11-14/h2-6,9-11,18,21H,7-8,12-13H2,1H3. The highest BCUT2D eigenvalue weighted by atomic mass is 16.5. The van der Waals surface area contributed by atoms with Crippen molar-refractivity contribution in [3.63, 3.8) is 0 Å². The fourth-order valence-electron chi connectivity index (χ4n) is 3.32. The Morgan fingerprint density at radius 1 is 1.33 bits per heavy atom. The predicted octanol–water partition coefficient (Wildman–Crippen LogP) is 2.98. The van der Waals surface area contributed by atoms with Gasteiger partial charge in [-0.05, 0) is 35.9 Å². The Hall–Kier alpha value is -2.37. The van der Waals surface area contributed by atoms with E-state index in [2.05, 4.69) is 27.3 Å². The average molecular weight is 323 g/mol. The number of benzene rings is 1. The van der Waals surface area contributed by atoms with Gasteiger partial charge in [0, 0.05) is 43.5 Å². The van der Waals surface area contributed by atoms with Crippen molar-refractivity contribution in [3.05, 3.63) is 60.1 Å². The molecule has 0 spiro atoms. The van der Waals surface area contributed by atoms with Crippen molar-refractivity contribution in [1.82, 2.24) is 15.2 Å². The summed E-state index contributed by atoms with van der Waals surface area (Å²) in [6.45, 7) is 3.70. The van der Waals surface area contributed by atoms with Gasteiger partial charge in [-0.25, -0.2) is 0 Å². The van der Waals surface area contributed by atoms with Gasteiger partial charge in [-0.2, -0.15) is 0 Å². The molecule has 3 aromatic rings. The van der Waals surface area contributed by atoms with Crippen LogP contribution < -0.4 is 10.1 Å². The number of aromatic nitrogens is 1. The largest absolute Gasteiger partial charge is 0.497 e. The van der Waals surface area contributed by atoms with Crippen molar-refractivity contribution in [2.45, 2.75) is 12.6 Å². The predicted molar refractivity (Wildman–Crippen MR) is 93.0 cm³/mol. The Morgan fingerprint density at radius 2 is 2.29 bits per heavy atom. The number of rotatable bonds is 4. The summed E-state index contributed by atoms with van der Waals surface area (Å²) in [5.41, 5.74) is 2.14. The molecule has 1 saturated heterocycles. The molecule has 4 rings (SSSR count). The summed E-state index contributed by atoms with van der Waals surface area (Å²) >= 11 is 0. The number of ether oxygens (including phenoxy) is 1. The fraction of sp³-hybridized carbons (Fsp3) is 0.316. The Morgan fingerprint density at radius 3 is 3.12 bits per heavy atom. The van der Waals surface area contributed by atoms with Gasteiger partial charge in [-0.3, -0.25) is 9.88 Å². The monoisotopic (exact) mass is 323 g/mol. The van der Waals surface area contributed by atoms with E-state index in [9.17, 15) is 0 Å². The van der Waals surface area contributed by atoms with Crippen molar-refractivity contribution in [2.75, 3.05) is 26.7 Å². The van der Waals surface area contributed by atoms with Crippen LogP contribution in [0.4, 0.5) is 0 Å². The molecule has 2 aromatic heterocycles. The summed E-state index contributed by atoms with van der Waals surface area (Å²) < 4.78 is 11.3. The van der Waals surface area contributed by atoms with Crippen molar-refractivity contribution in [2.24, 2.45) is 0 Å². The highest BCUT2D eigenvalue weighted by molar-refractivity contribution is 5.79. The summed E-state index contributed by atoms with van der Waals surface area (Å²) in [5, 5.41) is 4.56. The fourth-order valence-corrected chi connectivity index (χ4v) is 3.32. The molecule has 0 radical (unpaired) electrons. The van der Waals surface area contributed by atoms with E-state index < -0.39 is 0 Å². The first-order valence-electron chi connectivity index (χ1n) is 8.24. The normalized spacial score (nSPS) is 18.8. The van der Waals surface area contributed by atoms with Gasteiger partial charge in [0.25, 0.3) is 0 Å². The maximum absolute atomic E-state index is 6.02. The molecule has 1 aromatic carbocycles. The number of hydrogen-bond donors (Lipinski definition) is 1. The van der Waals surface area contributed by atoms with E-state index in [0.717, 1.165) is 48.7 Å². The highest BCUT2D eigenvalue weighted by Crippen LogP contribution is 2.28. The molecule has 3 heterocycles. The Bertz CT molecular complexity index is 816. The molecule has 1 aliphatic heterocycles. The smallest absolute Gasteiger partial charge is 0.134 e. The number of piperazine rings is 1. The first kappa shape index (κ1) is 15.2. The Balaban J connectivity index is 1.58. The van der Waals surface area contributed by atoms with Crippen molar-refractivity contribution in [1.29, 1.82) is 0 Å². The lowest BCUT2D eigenvalue weighted by Gasteiger charge is -2.35. The van der Waals surface area contributed by atoms with E-state index in [1.165, 1.54) is 5.56 Å². The molecule has 0 amide bonds.